The minimum absolute atomic E-state index is 0.103. The number of carboxylic acids is 1. The van der Waals surface area contributed by atoms with Crippen molar-refractivity contribution in [1.29, 1.82) is 0 Å². The second-order valence-electron chi connectivity index (χ2n) is 5.46. The smallest absolute Gasteiger partial charge is 0.335 e. The molecule has 132 valence electrons. The topological polar surface area (TPSA) is 84.9 Å². The number of hydrogen-bond acceptors (Lipinski definition) is 4. The highest BCUT2D eigenvalue weighted by atomic mass is 16.5. The van der Waals surface area contributed by atoms with E-state index in [0.717, 1.165) is 11.3 Å². The largest absolute Gasteiger partial charge is 0.494 e. The van der Waals surface area contributed by atoms with Gasteiger partial charge in [-0.2, -0.15) is 0 Å². The van der Waals surface area contributed by atoms with Crippen molar-refractivity contribution in [2.45, 2.75) is 20.0 Å². The molecule has 2 rings (SSSR count). The second kappa shape index (κ2) is 8.84. The first-order valence-electron chi connectivity index (χ1n) is 7.89. The molecule has 0 heterocycles. The molecular formula is C19H21NO5. The van der Waals surface area contributed by atoms with Gasteiger partial charge in [0, 0.05) is 12.8 Å². The number of rotatable bonds is 8. The maximum Gasteiger partial charge on any atom is 0.335 e. The van der Waals surface area contributed by atoms with Gasteiger partial charge in [0.1, 0.15) is 5.75 Å². The summed E-state index contributed by atoms with van der Waals surface area (Å²) in [7, 11) is 1.53. The third-order valence-corrected chi connectivity index (χ3v) is 3.43. The molecule has 0 fully saturated rings. The summed E-state index contributed by atoms with van der Waals surface area (Å²) in [5.41, 5.74) is 2.06. The van der Waals surface area contributed by atoms with Crippen LogP contribution < -0.4 is 10.1 Å². The number of anilines is 1. The third-order valence-electron chi connectivity index (χ3n) is 3.43. The van der Waals surface area contributed by atoms with Gasteiger partial charge >= 0.3 is 5.97 Å². The van der Waals surface area contributed by atoms with E-state index in [1.807, 2.05) is 31.2 Å². The minimum atomic E-state index is -1.06. The summed E-state index contributed by atoms with van der Waals surface area (Å²) < 4.78 is 10.4. The number of benzene rings is 2. The molecule has 6 nitrogen and oxygen atoms in total. The molecule has 0 aliphatic carbocycles. The lowest BCUT2D eigenvalue weighted by Crippen LogP contribution is -2.15. The van der Waals surface area contributed by atoms with Crippen LogP contribution in [0.2, 0.25) is 0 Å². The fourth-order valence-corrected chi connectivity index (χ4v) is 2.40. The SMILES string of the molecule is CCOc1ccc(CC(=O)Nc2cc(COC)cc(C(=O)O)c2)cc1. The van der Waals surface area contributed by atoms with Crippen molar-refractivity contribution < 1.29 is 24.2 Å². The lowest BCUT2D eigenvalue weighted by Gasteiger charge is -2.10. The summed E-state index contributed by atoms with van der Waals surface area (Å²) in [6.45, 7) is 2.76. The highest BCUT2D eigenvalue weighted by Crippen LogP contribution is 2.17. The summed E-state index contributed by atoms with van der Waals surface area (Å²) in [5, 5.41) is 11.9. The number of aromatic carboxylic acids is 1. The first-order chi connectivity index (χ1) is 12.0. The van der Waals surface area contributed by atoms with Crippen LogP contribution in [0.5, 0.6) is 5.75 Å². The quantitative estimate of drug-likeness (QED) is 0.769. The van der Waals surface area contributed by atoms with E-state index in [1.54, 1.807) is 6.07 Å². The minimum Gasteiger partial charge on any atom is -0.494 e. The third kappa shape index (κ3) is 5.61. The zero-order chi connectivity index (χ0) is 18.2. The molecule has 2 N–H and O–H groups in total. The van der Waals surface area contributed by atoms with Crippen LogP contribution in [0.4, 0.5) is 5.69 Å². The number of nitrogens with one attached hydrogen (secondary N) is 1. The van der Waals surface area contributed by atoms with Crippen LogP contribution in [-0.4, -0.2) is 30.7 Å². The number of carboxylic acid groups (broad SMARTS) is 1. The Hall–Kier alpha value is -2.86. The van der Waals surface area contributed by atoms with Crippen LogP contribution in [-0.2, 0) is 22.6 Å². The fourth-order valence-electron chi connectivity index (χ4n) is 2.40. The van der Waals surface area contributed by atoms with E-state index in [2.05, 4.69) is 5.32 Å². The van der Waals surface area contributed by atoms with Gasteiger partial charge in [0.05, 0.1) is 25.2 Å². The van der Waals surface area contributed by atoms with Gasteiger partial charge in [-0.1, -0.05) is 12.1 Å². The molecule has 0 unspecified atom stereocenters. The summed E-state index contributed by atoms with van der Waals surface area (Å²) in [5.74, 6) is -0.528. The molecule has 0 radical (unpaired) electrons. The average Bonchev–Trinajstić information content (AvgIpc) is 2.57. The van der Waals surface area contributed by atoms with E-state index in [1.165, 1.54) is 19.2 Å². The van der Waals surface area contributed by atoms with E-state index >= 15 is 0 Å². The number of methoxy groups -OCH3 is 1. The van der Waals surface area contributed by atoms with Crippen molar-refractivity contribution in [3.63, 3.8) is 0 Å². The molecular weight excluding hydrogens is 322 g/mol. The molecule has 0 aliphatic rings. The number of hydrogen-bond donors (Lipinski definition) is 2. The molecule has 0 saturated heterocycles. The summed E-state index contributed by atoms with van der Waals surface area (Å²) in [6, 6.07) is 11.9. The summed E-state index contributed by atoms with van der Waals surface area (Å²) in [6.07, 6.45) is 0.184. The van der Waals surface area contributed by atoms with Gasteiger partial charge in [-0.25, -0.2) is 4.79 Å². The van der Waals surface area contributed by atoms with E-state index in [9.17, 15) is 14.7 Å². The summed E-state index contributed by atoms with van der Waals surface area (Å²) >= 11 is 0. The van der Waals surface area contributed by atoms with Crippen molar-refractivity contribution in [1.82, 2.24) is 0 Å². The monoisotopic (exact) mass is 343 g/mol. The predicted octanol–water partition coefficient (Wildman–Crippen LogP) is 3.11. The fraction of sp³-hybridized carbons (Fsp3) is 0.263. The lowest BCUT2D eigenvalue weighted by atomic mass is 10.1. The average molecular weight is 343 g/mol. The van der Waals surface area contributed by atoms with E-state index in [0.29, 0.717) is 17.9 Å². The molecule has 6 heteroatoms. The predicted molar refractivity (Wildman–Crippen MR) is 94.1 cm³/mol. The maximum absolute atomic E-state index is 12.2. The zero-order valence-corrected chi connectivity index (χ0v) is 14.2. The van der Waals surface area contributed by atoms with Gasteiger partial charge in [0.2, 0.25) is 5.91 Å². The molecule has 0 saturated carbocycles. The Morgan fingerprint density at radius 3 is 2.40 bits per heavy atom. The number of amides is 1. The van der Waals surface area contributed by atoms with Crippen LogP contribution >= 0.6 is 0 Å². The molecule has 0 bridgehead atoms. The second-order valence-corrected chi connectivity index (χ2v) is 5.46. The van der Waals surface area contributed by atoms with Gasteiger partial charge in [0.25, 0.3) is 0 Å². The van der Waals surface area contributed by atoms with E-state index in [-0.39, 0.29) is 24.5 Å². The van der Waals surface area contributed by atoms with Crippen molar-refractivity contribution in [3.8, 4) is 5.75 Å². The first kappa shape index (κ1) is 18.5. The number of ether oxygens (including phenoxy) is 2. The Bertz CT molecular complexity index is 740. The van der Waals surface area contributed by atoms with Crippen molar-refractivity contribution in [2.24, 2.45) is 0 Å². The molecule has 25 heavy (non-hydrogen) atoms. The van der Waals surface area contributed by atoms with Gasteiger partial charge in [-0.3, -0.25) is 4.79 Å². The van der Waals surface area contributed by atoms with E-state index < -0.39 is 5.97 Å². The van der Waals surface area contributed by atoms with Crippen LogP contribution in [0, 0.1) is 0 Å². The highest BCUT2D eigenvalue weighted by molar-refractivity contribution is 5.95. The first-order valence-corrected chi connectivity index (χ1v) is 7.89. The Morgan fingerprint density at radius 1 is 1.08 bits per heavy atom. The van der Waals surface area contributed by atoms with Gasteiger partial charge in [0.15, 0.2) is 0 Å². The Morgan fingerprint density at radius 2 is 1.80 bits per heavy atom. The molecule has 0 spiro atoms. The van der Waals surface area contributed by atoms with Crippen LogP contribution in [0.3, 0.4) is 0 Å². The Balaban J connectivity index is 2.07. The normalized spacial score (nSPS) is 10.3. The van der Waals surface area contributed by atoms with E-state index in [4.69, 9.17) is 9.47 Å². The summed E-state index contributed by atoms with van der Waals surface area (Å²) in [4.78, 5) is 23.4. The number of carbonyl (C=O) groups is 2. The van der Waals surface area contributed by atoms with Crippen LogP contribution in [0.25, 0.3) is 0 Å². The van der Waals surface area contributed by atoms with Crippen LogP contribution in [0.15, 0.2) is 42.5 Å². The van der Waals surface area contributed by atoms with Crippen molar-refractivity contribution in [2.75, 3.05) is 19.0 Å². The highest BCUT2D eigenvalue weighted by Gasteiger charge is 2.10. The van der Waals surface area contributed by atoms with Crippen LogP contribution in [0.1, 0.15) is 28.4 Å². The molecule has 2 aromatic carbocycles. The maximum atomic E-state index is 12.2. The van der Waals surface area contributed by atoms with Crippen molar-refractivity contribution >= 4 is 17.6 Å². The Labute approximate surface area is 146 Å². The van der Waals surface area contributed by atoms with Crippen molar-refractivity contribution in [3.05, 3.63) is 59.2 Å². The number of carbonyl (C=O) groups excluding carboxylic acids is 1. The van der Waals surface area contributed by atoms with Gasteiger partial charge in [-0.05, 0) is 48.4 Å². The standard InChI is InChI=1S/C19H21NO5/c1-3-25-17-6-4-13(5-7-17)10-18(21)20-16-9-14(12-24-2)8-15(11-16)19(22)23/h4-9,11H,3,10,12H2,1-2H3,(H,20,21)(H,22,23). The molecule has 0 atom stereocenters. The molecule has 0 aromatic heterocycles. The molecule has 2 aromatic rings. The van der Waals surface area contributed by atoms with Gasteiger partial charge < -0.3 is 19.9 Å². The molecule has 1 amide bonds. The Kier molecular flexibility index (Phi) is 6.54. The van der Waals surface area contributed by atoms with Gasteiger partial charge in [-0.15, -0.1) is 0 Å². The zero-order valence-electron chi connectivity index (χ0n) is 14.2. The lowest BCUT2D eigenvalue weighted by molar-refractivity contribution is -0.115. The molecule has 0 aliphatic heterocycles.